The molecule has 0 spiro atoms. The van der Waals surface area contributed by atoms with Crippen LogP contribution < -0.4 is 5.32 Å². The normalized spacial score (nSPS) is 12.6. The van der Waals surface area contributed by atoms with Crippen LogP contribution in [0.1, 0.15) is 43.9 Å². The molecule has 34 heavy (non-hydrogen) atoms. The molecule has 2 N–H and O–H groups in total. The number of benzene rings is 3. The molecule has 3 aromatic rings. The lowest BCUT2D eigenvalue weighted by atomic mass is 9.84. The Labute approximate surface area is 205 Å². The van der Waals surface area contributed by atoms with Crippen molar-refractivity contribution in [2.75, 3.05) is 5.75 Å². The summed E-state index contributed by atoms with van der Waals surface area (Å²) < 4.78 is 4.71. The number of hydrogen-bond donors (Lipinski definition) is 2. The fourth-order valence-electron chi connectivity index (χ4n) is 3.81. The van der Waals surface area contributed by atoms with Gasteiger partial charge in [0.15, 0.2) is 0 Å². The molecule has 1 atom stereocenters. The molecule has 0 aliphatic rings. The fourth-order valence-corrected chi connectivity index (χ4v) is 5.37. The molecule has 6 heteroatoms. The van der Waals surface area contributed by atoms with Crippen molar-refractivity contribution in [1.29, 1.82) is 0 Å². The lowest BCUT2D eigenvalue weighted by molar-refractivity contribution is -0.139. The van der Waals surface area contributed by atoms with Gasteiger partial charge >= 0.3 is 12.1 Å². The predicted octanol–water partition coefficient (Wildman–Crippen LogP) is 6.08. The van der Waals surface area contributed by atoms with E-state index in [0.717, 1.165) is 16.7 Å². The third-order valence-electron chi connectivity index (χ3n) is 5.26. The molecule has 0 aliphatic carbocycles. The number of thioether (sulfide) groups is 1. The summed E-state index contributed by atoms with van der Waals surface area (Å²) >= 11 is 1.66. The number of ether oxygens (including phenoxy) is 1. The van der Waals surface area contributed by atoms with Gasteiger partial charge in [-0.3, -0.25) is 0 Å². The average molecular weight is 478 g/mol. The predicted molar refractivity (Wildman–Crippen MR) is 137 cm³/mol. The molecule has 0 bridgehead atoms. The molecule has 178 valence electrons. The van der Waals surface area contributed by atoms with Crippen LogP contribution in [0.15, 0.2) is 91.0 Å². The highest BCUT2D eigenvalue weighted by molar-refractivity contribution is 8.00. The average Bonchev–Trinajstić information content (AvgIpc) is 2.81. The Balaban J connectivity index is 1.92. The summed E-state index contributed by atoms with van der Waals surface area (Å²) in [4.78, 5) is 24.1. The maximum absolute atomic E-state index is 12.2. The van der Waals surface area contributed by atoms with Crippen molar-refractivity contribution in [2.24, 2.45) is 0 Å². The van der Waals surface area contributed by atoms with Crippen LogP contribution in [-0.4, -0.2) is 34.6 Å². The van der Waals surface area contributed by atoms with Crippen molar-refractivity contribution < 1.29 is 19.4 Å². The Morgan fingerprint density at radius 1 is 0.824 bits per heavy atom. The van der Waals surface area contributed by atoms with Crippen molar-refractivity contribution in [3.8, 4) is 0 Å². The molecule has 0 fully saturated rings. The van der Waals surface area contributed by atoms with Crippen LogP contribution in [0.3, 0.4) is 0 Å². The second-order valence-corrected chi connectivity index (χ2v) is 10.3. The Kier molecular flexibility index (Phi) is 8.40. The lowest BCUT2D eigenvalue weighted by Gasteiger charge is -2.36. The van der Waals surface area contributed by atoms with Crippen LogP contribution in [0, 0.1) is 0 Å². The standard InChI is InChI=1S/C28H31NO4S/c1-27(2,3)33-26(32)29-24(25(30)31)19-20-34-28(21-13-7-4-8-14-21,22-15-9-5-10-16-22)23-17-11-6-12-18-23/h4-18,24H,19-20H2,1-3H3,(H,29,32)(H,30,31)/t24-/m1/s1. The zero-order chi connectivity index (χ0) is 24.6. The summed E-state index contributed by atoms with van der Waals surface area (Å²) in [5.41, 5.74) is 2.60. The van der Waals surface area contributed by atoms with Gasteiger partial charge in [-0.05, 0) is 49.6 Å². The Bertz CT molecular complexity index is 969. The first kappa shape index (κ1) is 25.4. The molecule has 0 aromatic heterocycles. The second-order valence-electron chi connectivity index (χ2n) is 8.95. The van der Waals surface area contributed by atoms with Gasteiger partial charge < -0.3 is 15.2 Å². The van der Waals surface area contributed by atoms with Crippen LogP contribution in [0.4, 0.5) is 4.79 Å². The molecule has 0 saturated carbocycles. The maximum Gasteiger partial charge on any atom is 0.408 e. The van der Waals surface area contributed by atoms with Crippen molar-refractivity contribution in [1.82, 2.24) is 5.32 Å². The molecular weight excluding hydrogens is 446 g/mol. The summed E-state index contributed by atoms with van der Waals surface area (Å²) in [6.45, 7) is 5.23. The first-order chi connectivity index (χ1) is 16.2. The summed E-state index contributed by atoms with van der Waals surface area (Å²) in [6.07, 6.45) is -0.488. The maximum atomic E-state index is 12.2. The van der Waals surface area contributed by atoms with Gasteiger partial charge in [-0.15, -0.1) is 11.8 Å². The number of carboxylic acid groups (broad SMARTS) is 1. The van der Waals surface area contributed by atoms with E-state index in [1.807, 2.05) is 54.6 Å². The van der Waals surface area contributed by atoms with Crippen LogP contribution in [0.25, 0.3) is 0 Å². The number of hydrogen-bond acceptors (Lipinski definition) is 4. The van der Waals surface area contributed by atoms with Crippen LogP contribution in [0.2, 0.25) is 0 Å². The first-order valence-electron chi connectivity index (χ1n) is 11.3. The first-order valence-corrected chi connectivity index (χ1v) is 12.2. The SMILES string of the molecule is CC(C)(C)OC(=O)N[C@H](CCSC(c1ccccc1)(c1ccccc1)c1ccccc1)C(=O)O. The quantitative estimate of drug-likeness (QED) is 0.365. The zero-order valence-corrected chi connectivity index (χ0v) is 20.5. The van der Waals surface area contributed by atoms with Crippen LogP contribution in [0.5, 0.6) is 0 Å². The van der Waals surface area contributed by atoms with Crippen molar-refractivity contribution >= 4 is 23.8 Å². The minimum atomic E-state index is -1.09. The smallest absolute Gasteiger partial charge is 0.408 e. The second kappa shape index (κ2) is 11.3. The van der Waals surface area contributed by atoms with E-state index in [0.29, 0.717) is 5.75 Å². The van der Waals surface area contributed by atoms with Crippen molar-refractivity contribution in [2.45, 2.75) is 43.6 Å². The van der Waals surface area contributed by atoms with E-state index in [9.17, 15) is 14.7 Å². The van der Waals surface area contributed by atoms with Gasteiger partial charge in [0.05, 0.1) is 4.75 Å². The molecule has 3 rings (SSSR count). The number of carboxylic acids is 1. The summed E-state index contributed by atoms with van der Waals surface area (Å²) in [5.74, 6) is -0.595. The van der Waals surface area contributed by atoms with E-state index in [-0.39, 0.29) is 6.42 Å². The van der Waals surface area contributed by atoms with Crippen molar-refractivity contribution in [3.05, 3.63) is 108 Å². The van der Waals surface area contributed by atoms with E-state index in [2.05, 4.69) is 41.7 Å². The number of carbonyl (C=O) groups excluding carboxylic acids is 1. The van der Waals surface area contributed by atoms with Gasteiger partial charge in [-0.25, -0.2) is 9.59 Å². The number of nitrogens with one attached hydrogen (secondary N) is 1. The highest BCUT2D eigenvalue weighted by atomic mass is 32.2. The molecule has 0 saturated heterocycles. The number of rotatable bonds is 9. The van der Waals surface area contributed by atoms with Crippen LogP contribution in [-0.2, 0) is 14.3 Å². The third-order valence-corrected chi connectivity index (χ3v) is 6.84. The highest BCUT2D eigenvalue weighted by Crippen LogP contribution is 2.48. The minimum absolute atomic E-state index is 0.244. The van der Waals surface area contributed by atoms with E-state index >= 15 is 0 Å². The highest BCUT2D eigenvalue weighted by Gasteiger charge is 2.37. The molecule has 1 amide bonds. The summed E-state index contributed by atoms with van der Waals surface area (Å²) in [5, 5.41) is 12.2. The van der Waals surface area contributed by atoms with E-state index in [4.69, 9.17) is 4.74 Å². The minimum Gasteiger partial charge on any atom is -0.480 e. The zero-order valence-electron chi connectivity index (χ0n) is 19.7. The van der Waals surface area contributed by atoms with Gasteiger partial charge in [-0.1, -0.05) is 91.0 Å². The van der Waals surface area contributed by atoms with E-state index < -0.39 is 28.5 Å². The third kappa shape index (κ3) is 6.41. The van der Waals surface area contributed by atoms with Gasteiger partial charge in [0.2, 0.25) is 0 Å². The van der Waals surface area contributed by atoms with Gasteiger partial charge in [0.25, 0.3) is 0 Å². The Hall–Kier alpha value is -3.25. The number of aliphatic carboxylic acids is 1. The number of amides is 1. The van der Waals surface area contributed by atoms with Gasteiger partial charge in [0, 0.05) is 0 Å². The largest absolute Gasteiger partial charge is 0.480 e. The molecular formula is C28H31NO4S. The monoisotopic (exact) mass is 477 g/mol. The lowest BCUT2D eigenvalue weighted by Crippen LogP contribution is -2.44. The Morgan fingerprint density at radius 3 is 1.59 bits per heavy atom. The van der Waals surface area contributed by atoms with Crippen molar-refractivity contribution in [3.63, 3.8) is 0 Å². The van der Waals surface area contributed by atoms with Crippen LogP contribution >= 0.6 is 11.8 Å². The van der Waals surface area contributed by atoms with Gasteiger partial charge in [0.1, 0.15) is 11.6 Å². The van der Waals surface area contributed by atoms with E-state index in [1.165, 1.54) is 0 Å². The van der Waals surface area contributed by atoms with Gasteiger partial charge in [-0.2, -0.15) is 0 Å². The molecule has 0 heterocycles. The Morgan fingerprint density at radius 2 is 1.24 bits per heavy atom. The number of alkyl carbamates (subject to hydrolysis) is 1. The molecule has 0 aliphatic heterocycles. The fraction of sp³-hybridized carbons (Fsp3) is 0.286. The summed E-state index contributed by atoms with van der Waals surface area (Å²) in [7, 11) is 0. The molecule has 5 nitrogen and oxygen atoms in total. The van der Waals surface area contributed by atoms with E-state index in [1.54, 1.807) is 32.5 Å². The summed E-state index contributed by atoms with van der Waals surface area (Å²) in [6, 6.07) is 29.6. The number of carbonyl (C=O) groups is 2. The molecule has 0 radical (unpaired) electrons. The molecule has 3 aromatic carbocycles. The molecule has 0 unspecified atom stereocenters. The topological polar surface area (TPSA) is 75.6 Å².